The molecular formula is C11H15N3. The highest BCUT2D eigenvalue weighted by molar-refractivity contribution is 5.80. The van der Waals surface area contributed by atoms with Gasteiger partial charge in [-0.25, -0.2) is 9.97 Å². The highest BCUT2D eigenvalue weighted by atomic mass is 14.9. The van der Waals surface area contributed by atoms with Crippen LogP contribution in [-0.2, 0) is 0 Å². The first-order valence-corrected chi connectivity index (χ1v) is 4.50. The van der Waals surface area contributed by atoms with Crippen molar-refractivity contribution in [3.05, 3.63) is 35.8 Å². The van der Waals surface area contributed by atoms with E-state index in [0.717, 1.165) is 16.8 Å². The second kappa shape index (κ2) is 4.05. The molecule has 0 fully saturated rings. The summed E-state index contributed by atoms with van der Waals surface area (Å²) in [6.07, 6.45) is 3.71. The zero-order chi connectivity index (χ0) is 10.7. The molecule has 0 aliphatic heterocycles. The summed E-state index contributed by atoms with van der Waals surface area (Å²) in [4.78, 5) is 8.40. The maximum atomic E-state index is 5.83. The Bertz CT molecular complexity index is 369. The molecule has 0 aliphatic rings. The van der Waals surface area contributed by atoms with Gasteiger partial charge in [-0.15, -0.1) is 0 Å². The van der Waals surface area contributed by atoms with Gasteiger partial charge < -0.3 is 5.73 Å². The normalized spacial score (nSPS) is 11.5. The topological polar surface area (TPSA) is 51.8 Å². The van der Waals surface area contributed by atoms with Crippen LogP contribution in [0.2, 0.25) is 0 Å². The number of hydrogen-bond acceptors (Lipinski definition) is 3. The van der Waals surface area contributed by atoms with Crippen molar-refractivity contribution < 1.29 is 0 Å². The lowest BCUT2D eigenvalue weighted by atomic mass is 10.1. The molecule has 0 unspecified atom stereocenters. The first-order valence-electron chi connectivity index (χ1n) is 4.50. The van der Waals surface area contributed by atoms with Crippen LogP contribution in [0.5, 0.6) is 0 Å². The number of hydrogen-bond donors (Lipinski definition) is 1. The van der Waals surface area contributed by atoms with Crippen LogP contribution in [0.1, 0.15) is 24.0 Å². The second-order valence-electron chi connectivity index (χ2n) is 3.06. The molecule has 3 heteroatoms. The van der Waals surface area contributed by atoms with Crippen molar-refractivity contribution in [2.45, 2.75) is 20.8 Å². The van der Waals surface area contributed by atoms with Crippen LogP contribution in [0.25, 0.3) is 5.57 Å². The number of aryl methyl sites for hydroxylation is 2. The Labute approximate surface area is 84.4 Å². The molecule has 0 aliphatic carbocycles. The van der Waals surface area contributed by atoms with E-state index in [9.17, 15) is 0 Å². The van der Waals surface area contributed by atoms with Gasteiger partial charge in [-0.3, -0.25) is 0 Å². The van der Waals surface area contributed by atoms with Crippen LogP contribution in [0, 0.1) is 13.8 Å². The Kier molecular flexibility index (Phi) is 3.02. The van der Waals surface area contributed by atoms with Gasteiger partial charge in [0.25, 0.3) is 0 Å². The number of anilines is 1. The quantitative estimate of drug-likeness (QED) is 0.726. The summed E-state index contributed by atoms with van der Waals surface area (Å²) in [6.45, 7) is 9.43. The summed E-state index contributed by atoms with van der Waals surface area (Å²) in [5.41, 5.74) is 8.58. The molecule has 2 N–H and O–H groups in total. The fraction of sp³-hybridized carbons (Fsp3) is 0.273. The van der Waals surface area contributed by atoms with Crippen molar-refractivity contribution in [3.8, 4) is 0 Å². The van der Waals surface area contributed by atoms with Gasteiger partial charge in [0.15, 0.2) is 0 Å². The van der Waals surface area contributed by atoms with E-state index >= 15 is 0 Å². The minimum absolute atomic E-state index is 0.517. The minimum Gasteiger partial charge on any atom is -0.383 e. The summed E-state index contributed by atoms with van der Waals surface area (Å²) >= 11 is 0. The summed E-state index contributed by atoms with van der Waals surface area (Å²) < 4.78 is 0. The van der Waals surface area contributed by atoms with E-state index in [4.69, 9.17) is 5.73 Å². The minimum atomic E-state index is 0.517. The van der Waals surface area contributed by atoms with Gasteiger partial charge >= 0.3 is 0 Å². The maximum absolute atomic E-state index is 5.83. The molecule has 0 radical (unpaired) electrons. The Morgan fingerprint density at radius 3 is 2.43 bits per heavy atom. The maximum Gasteiger partial charge on any atom is 0.135 e. The van der Waals surface area contributed by atoms with Crippen LogP contribution < -0.4 is 5.73 Å². The zero-order valence-electron chi connectivity index (χ0n) is 8.83. The van der Waals surface area contributed by atoms with E-state index in [1.54, 1.807) is 6.08 Å². The van der Waals surface area contributed by atoms with E-state index in [1.165, 1.54) is 0 Å². The average molecular weight is 189 g/mol. The molecule has 14 heavy (non-hydrogen) atoms. The number of rotatable bonds is 2. The number of nitrogen functional groups attached to an aromatic ring is 1. The summed E-state index contributed by atoms with van der Waals surface area (Å²) in [7, 11) is 0. The second-order valence-corrected chi connectivity index (χ2v) is 3.06. The van der Waals surface area contributed by atoms with E-state index in [1.807, 2.05) is 26.8 Å². The largest absolute Gasteiger partial charge is 0.383 e. The molecule has 1 aromatic heterocycles. The summed E-state index contributed by atoms with van der Waals surface area (Å²) in [6, 6.07) is 0. The Morgan fingerprint density at radius 2 is 2.00 bits per heavy atom. The molecule has 0 amide bonds. The van der Waals surface area contributed by atoms with Gasteiger partial charge in [-0.1, -0.05) is 18.7 Å². The number of nitrogens with two attached hydrogens (primary N) is 1. The average Bonchev–Trinajstić information content (AvgIpc) is 2.10. The van der Waals surface area contributed by atoms with E-state index < -0.39 is 0 Å². The lowest BCUT2D eigenvalue weighted by Crippen LogP contribution is -2.04. The lowest BCUT2D eigenvalue weighted by Gasteiger charge is -2.09. The predicted molar refractivity (Wildman–Crippen MR) is 59.8 cm³/mol. The molecule has 3 nitrogen and oxygen atoms in total. The van der Waals surface area contributed by atoms with E-state index in [-0.39, 0.29) is 0 Å². The Hall–Kier alpha value is -1.64. The van der Waals surface area contributed by atoms with Crippen molar-refractivity contribution in [3.63, 3.8) is 0 Å². The molecular weight excluding hydrogens is 174 g/mol. The zero-order valence-corrected chi connectivity index (χ0v) is 8.83. The summed E-state index contributed by atoms with van der Waals surface area (Å²) in [5.74, 6) is 1.21. The van der Waals surface area contributed by atoms with Crippen molar-refractivity contribution >= 4 is 11.4 Å². The van der Waals surface area contributed by atoms with Gasteiger partial charge in [0.1, 0.15) is 11.6 Å². The van der Waals surface area contributed by atoms with Crippen molar-refractivity contribution in [2.75, 3.05) is 5.73 Å². The number of aromatic nitrogens is 2. The van der Waals surface area contributed by atoms with Crippen molar-refractivity contribution in [1.82, 2.24) is 9.97 Å². The highest BCUT2D eigenvalue weighted by Gasteiger charge is 2.09. The lowest BCUT2D eigenvalue weighted by molar-refractivity contribution is 1.01. The molecule has 0 bridgehead atoms. The van der Waals surface area contributed by atoms with Crippen molar-refractivity contribution in [1.29, 1.82) is 0 Å². The molecule has 0 saturated carbocycles. The number of allylic oxidation sites excluding steroid dienone is 3. The first-order chi connectivity index (χ1) is 6.60. The van der Waals surface area contributed by atoms with Crippen LogP contribution >= 0.6 is 0 Å². The van der Waals surface area contributed by atoms with Gasteiger partial charge in [0.05, 0.1) is 5.69 Å². The summed E-state index contributed by atoms with van der Waals surface area (Å²) in [5, 5.41) is 0. The standard InChI is InChI=1S/C11H15N3/c1-5-9(6-2)10-7(3)13-8(4)14-11(10)12/h5-6H,1H2,2-4H3,(H2,12,13,14)/b9-6-. The van der Waals surface area contributed by atoms with Gasteiger partial charge in [0.2, 0.25) is 0 Å². The molecule has 74 valence electrons. The van der Waals surface area contributed by atoms with Crippen LogP contribution in [0.15, 0.2) is 18.7 Å². The molecule has 0 aromatic carbocycles. The van der Waals surface area contributed by atoms with Gasteiger partial charge in [0, 0.05) is 5.56 Å². The molecule has 0 saturated heterocycles. The third-order valence-electron chi connectivity index (χ3n) is 2.05. The fourth-order valence-corrected chi connectivity index (χ4v) is 1.46. The third kappa shape index (κ3) is 1.82. The predicted octanol–water partition coefficient (Wildman–Crippen LogP) is 2.26. The third-order valence-corrected chi connectivity index (χ3v) is 2.05. The molecule has 0 atom stereocenters. The number of nitrogens with zero attached hydrogens (tertiary/aromatic N) is 2. The molecule has 0 spiro atoms. The SMILES string of the molecule is C=C/C(=C/C)c1c(C)nc(C)nc1N. The smallest absolute Gasteiger partial charge is 0.135 e. The van der Waals surface area contributed by atoms with E-state index in [2.05, 4.69) is 16.5 Å². The van der Waals surface area contributed by atoms with Crippen LogP contribution in [-0.4, -0.2) is 9.97 Å². The fourth-order valence-electron chi connectivity index (χ4n) is 1.46. The van der Waals surface area contributed by atoms with Crippen LogP contribution in [0.3, 0.4) is 0 Å². The monoisotopic (exact) mass is 189 g/mol. The molecule has 1 heterocycles. The van der Waals surface area contributed by atoms with E-state index in [0.29, 0.717) is 11.6 Å². The van der Waals surface area contributed by atoms with Crippen molar-refractivity contribution in [2.24, 2.45) is 0 Å². The van der Waals surface area contributed by atoms with Crippen LogP contribution in [0.4, 0.5) is 5.82 Å². The van der Waals surface area contributed by atoms with Gasteiger partial charge in [-0.2, -0.15) is 0 Å². The Morgan fingerprint density at radius 1 is 1.36 bits per heavy atom. The molecule has 1 rings (SSSR count). The van der Waals surface area contributed by atoms with Gasteiger partial charge in [-0.05, 0) is 26.3 Å². The molecule has 1 aromatic rings. The highest BCUT2D eigenvalue weighted by Crippen LogP contribution is 2.23. The first kappa shape index (κ1) is 10.4. The Balaban J connectivity index is 3.41.